The molecule has 0 aromatic rings. The van der Waals surface area contributed by atoms with Crippen LogP contribution in [-0.4, -0.2) is 25.8 Å². The molecule has 1 saturated carbocycles. The van der Waals surface area contributed by atoms with Crippen LogP contribution in [-0.2, 0) is 4.74 Å². The second-order valence-electron chi connectivity index (χ2n) is 4.91. The first-order valence-corrected chi connectivity index (χ1v) is 6.52. The molecule has 0 spiro atoms. The van der Waals surface area contributed by atoms with Gasteiger partial charge in [0.05, 0.1) is 6.10 Å². The molecule has 2 nitrogen and oxygen atoms in total. The van der Waals surface area contributed by atoms with Crippen molar-refractivity contribution in [3.8, 4) is 0 Å². The summed E-state index contributed by atoms with van der Waals surface area (Å²) in [5, 5.41) is 3.61. The van der Waals surface area contributed by atoms with Crippen molar-refractivity contribution in [3.05, 3.63) is 0 Å². The lowest BCUT2D eigenvalue weighted by Crippen LogP contribution is -2.33. The first kappa shape index (κ1) is 13.0. The predicted molar refractivity (Wildman–Crippen MR) is 65.1 cm³/mol. The molecule has 0 radical (unpaired) electrons. The van der Waals surface area contributed by atoms with E-state index < -0.39 is 0 Å². The Labute approximate surface area is 94.8 Å². The van der Waals surface area contributed by atoms with E-state index in [1.165, 1.54) is 38.5 Å². The van der Waals surface area contributed by atoms with Crippen LogP contribution in [0.25, 0.3) is 0 Å². The van der Waals surface area contributed by atoms with Gasteiger partial charge in [-0.3, -0.25) is 0 Å². The summed E-state index contributed by atoms with van der Waals surface area (Å²) in [5.74, 6) is 1.01. The van der Waals surface area contributed by atoms with Crippen LogP contribution in [0.4, 0.5) is 0 Å². The van der Waals surface area contributed by atoms with Gasteiger partial charge in [0.15, 0.2) is 0 Å². The fourth-order valence-corrected chi connectivity index (χ4v) is 2.28. The lowest BCUT2D eigenvalue weighted by atomic mass is 9.80. The molecular formula is C13H27NO. The molecule has 1 rings (SSSR count). The Morgan fingerprint density at radius 2 is 2.07 bits per heavy atom. The van der Waals surface area contributed by atoms with E-state index in [1.54, 1.807) is 7.11 Å². The molecule has 2 atom stereocenters. The summed E-state index contributed by atoms with van der Waals surface area (Å²) in [5.41, 5.74) is 0. The van der Waals surface area contributed by atoms with Gasteiger partial charge < -0.3 is 10.1 Å². The maximum absolute atomic E-state index is 5.30. The zero-order chi connectivity index (χ0) is 11.1. The minimum atomic E-state index is 0.410. The Morgan fingerprint density at radius 1 is 1.33 bits per heavy atom. The van der Waals surface area contributed by atoms with E-state index in [1.807, 2.05) is 0 Å². The topological polar surface area (TPSA) is 21.3 Å². The Balaban J connectivity index is 2.16. The van der Waals surface area contributed by atoms with Crippen molar-refractivity contribution in [1.82, 2.24) is 5.32 Å². The quantitative estimate of drug-likeness (QED) is 0.669. The number of methoxy groups -OCH3 is 1. The minimum Gasteiger partial charge on any atom is -0.382 e. The molecule has 0 aromatic heterocycles. The summed E-state index contributed by atoms with van der Waals surface area (Å²) < 4.78 is 5.30. The Hall–Kier alpha value is -0.0800. The summed E-state index contributed by atoms with van der Waals surface area (Å²) in [4.78, 5) is 0. The number of rotatable bonds is 8. The average Bonchev–Trinajstić information content (AvgIpc) is 2.19. The van der Waals surface area contributed by atoms with E-state index in [9.17, 15) is 0 Å². The molecule has 0 heterocycles. The molecule has 0 saturated heterocycles. The molecule has 15 heavy (non-hydrogen) atoms. The normalized spacial score (nSPS) is 21.0. The van der Waals surface area contributed by atoms with E-state index in [0.29, 0.717) is 6.10 Å². The summed E-state index contributed by atoms with van der Waals surface area (Å²) in [7, 11) is 1.80. The Kier molecular flexibility index (Phi) is 6.26. The van der Waals surface area contributed by atoms with Crippen LogP contribution in [0.3, 0.4) is 0 Å². The SMILES string of the molecule is CCNC(CCC(C)OC)CC1CCC1. The van der Waals surface area contributed by atoms with Gasteiger partial charge in [-0.15, -0.1) is 0 Å². The van der Waals surface area contributed by atoms with Gasteiger partial charge in [-0.25, -0.2) is 0 Å². The molecule has 0 aliphatic heterocycles. The number of hydrogen-bond donors (Lipinski definition) is 1. The average molecular weight is 213 g/mol. The summed E-state index contributed by atoms with van der Waals surface area (Å²) in [6, 6.07) is 0.720. The molecule has 0 amide bonds. The third-order valence-corrected chi connectivity index (χ3v) is 3.66. The van der Waals surface area contributed by atoms with Crippen molar-refractivity contribution in [3.63, 3.8) is 0 Å². The van der Waals surface area contributed by atoms with Gasteiger partial charge >= 0.3 is 0 Å². The highest BCUT2D eigenvalue weighted by Gasteiger charge is 2.21. The van der Waals surface area contributed by atoms with Gasteiger partial charge in [-0.05, 0) is 38.6 Å². The van der Waals surface area contributed by atoms with Gasteiger partial charge in [-0.2, -0.15) is 0 Å². The molecule has 90 valence electrons. The molecule has 1 aliphatic rings. The van der Waals surface area contributed by atoms with Crippen LogP contribution >= 0.6 is 0 Å². The Bertz CT molecular complexity index is 157. The van der Waals surface area contributed by atoms with Crippen molar-refractivity contribution in [2.24, 2.45) is 5.92 Å². The molecule has 2 unspecified atom stereocenters. The van der Waals surface area contributed by atoms with E-state index in [4.69, 9.17) is 4.74 Å². The molecular weight excluding hydrogens is 186 g/mol. The van der Waals surface area contributed by atoms with Crippen LogP contribution in [0.2, 0.25) is 0 Å². The van der Waals surface area contributed by atoms with E-state index >= 15 is 0 Å². The molecule has 1 aliphatic carbocycles. The summed E-state index contributed by atoms with van der Waals surface area (Å²) in [6.45, 7) is 5.46. The minimum absolute atomic E-state index is 0.410. The van der Waals surface area contributed by atoms with Crippen LogP contribution < -0.4 is 5.32 Å². The van der Waals surface area contributed by atoms with Gasteiger partial charge in [0.2, 0.25) is 0 Å². The van der Waals surface area contributed by atoms with Crippen molar-refractivity contribution < 1.29 is 4.74 Å². The smallest absolute Gasteiger partial charge is 0.0543 e. The van der Waals surface area contributed by atoms with E-state index in [0.717, 1.165) is 18.5 Å². The van der Waals surface area contributed by atoms with E-state index in [-0.39, 0.29) is 0 Å². The summed E-state index contributed by atoms with van der Waals surface area (Å²) in [6.07, 6.45) is 8.61. The van der Waals surface area contributed by atoms with Crippen molar-refractivity contribution in [1.29, 1.82) is 0 Å². The van der Waals surface area contributed by atoms with Gasteiger partial charge in [0, 0.05) is 13.2 Å². The van der Waals surface area contributed by atoms with Gasteiger partial charge in [0.1, 0.15) is 0 Å². The van der Waals surface area contributed by atoms with Crippen molar-refractivity contribution in [2.75, 3.05) is 13.7 Å². The van der Waals surface area contributed by atoms with Crippen LogP contribution in [0.15, 0.2) is 0 Å². The molecule has 1 fully saturated rings. The van der Waals surface area contributed by atoms with Crippen LogP contribution in [0, 0.1) is 5.92 Å². The third-order valence-electron chi connectivity index (χ3n) is 3.66. The standard InChI is InChI=1S/C13H27NO/c1-4-14-13(9-8-11(2)15-3)10-12-6-5-7-12/h11-14H,4-10H2,1-3H3. The van der Waals surface area contributed by atoms with Crippen molar-refractivity contribution >= 4 is 0 Å². The highest BCUT2D eigenvalue weighted by molar-refractivity contribution is 4.77. The van der Waals surface area contributed by atoms with Crippen LogP contribution in [0.1, 0.15) is 52.4 Å². The second-order valence-corrected chi connectivity index (χ2v) is 4.91. The molecule has 0 bridgehead atoms. The van der Waals surface area contributed by atoms with Crippen LogP contribution in [0.5, 0.6) is 0 Å². The fraction of sp³-hybridized carbons (Fsp3) is 1.00. The first-order valence-electron chi connectivity index (χ1n) is 6.52. The predicted octanol–water partition coefficient (Wildman–Crippen LogP) is 2.97. The fourth-order valence-electron chi connectivity index (χ4n) is 2.28. The molecule has 1 N–H and O–H groups in total. The zero-order valence-corrected chi connectivity index (χ0v) is 10.6. The Morgan fingerprint density at radius 3 is 2.53 bits per heavy atom. The number of nitrogens with one attached hydrogen (secondary N) is 1. The largest absolute Gasteiger partial charge is 0.382 e. The second kappa shape index (κ2) is 7.24. The number of ether oxygens (including phenoxy) is 1. The molecule has 2 heteroatoms. The zero-order valence-electron chi connectivity index (χ0n) is 10.6. The number of hydrogen-bond acceptors (Lipinski definition) is 2. The maximum atomic E-state index is 5.30. The van der Waals surface area contributed by atoms with Gasteiger partial charge in [0.25, 0.3) is 0 Å². The lowest BCUT2D eigenvalue weighted by Gasteiger charge is -2.30. The van der Waals surface area contributed by atoms with E-state index in [2.05, 4.69) is 19.2 Å². The first-order chi connectivity index (χ1) is 7.26. The monoisotopic (exact) mass is 213 g/mol. The highest BCUT2D eigenvalue weighted by Crippen LogP contribution is 2.31. The summed E-state index contributed by atoms with van der Waals surface area (Å²) >= 11 is 0. The van der Waals surface area contributed by atoms with Gasteiger partial charge in [-0.1, -0.05) is 26.2 Å². The maximum Gasteiger partial charge on any atom is 0.0543 e. The highest BCUT2D eigenvalue weighted by atomic mass is 16.5. The lowest BCUT2D eigenvalue weighted by molar-refractivity contribution is 0.104. The third kappa shape index (κ3) is 4.98. The van der Waals surface area contributed by atoms with Crippen molar-refractivity contribution in [2.45, 2.75) is 64.5 Å². The molecule has 0 aromatic carbocycles.